The molecule has 0 aliphatic carbocycles. The molecule has 0 saturated carbocycles. The van der Waals surface area contributed by atoms with Crippen LogP contribution >= 0.6 is 11.6 Å². The van der Waals surface area contributed by atoms with Crippen molar-refractivity contribution < 1.29 is 9.90 Å². The van der Waals surface area contributed by atoms with Crippen molar-refractivity contribution in [3.05, 3.63) is 77.1 Å². The lowest BCUT2D eigenvalue weighted by Gasteiger charge is -2.34. The summed E-state index contributed by atoms with van der Waals surface area (Å²) in [4.78, 5) is 30.8. The average molecular weight is 532 g/mol. The number of aromatic nitrogens is 3. The van der Waals surface area contributed by atoms with Gasteiger partial charge in [0.15, 0.2) is 0 Å². The Hall–Kier alpha value is -3.79. The molecule has 0 bridgehead atoms. The summed E-state index contributed by atoms with van der Waals surface area (Å²) >= 11 is 6.16. The number of piperazine rings is 1. The van der Waals surface area contributed by atoms with Crippen molar-refractivity contribution in [2.75, 3.05) is 54.9 Å². The zero-order valence-electron chi connectivity index (χ0n) is 21.2. The fourth-order valence-electron chi connectivity index (χ4n) is 4.59. The molecule has 0 unspecified atom stereocenters. The van der Waals surface area contributed by atoms with Gasteiger partial charge in [0.2, 0.25) is 11.9 Å². The first kappa shape index (κ1) is 25.8. The number of halogens is 1. The van der Waals surface area contributed by atoms with Crippen LogP contribution in [-0.4, -0.2) is 70.2 Å². The molecular formula is C28H30ClN7O2. The molecule has 1 fully saturated rings. The highest BCUT2D eigenvalue weighted by atomic mass is 35.5. The van der Waals surface area contributed by atoms with Gasteiger partial charge in [0.05, 0.1) is 18.5 Å². The largest absolute Gasteiger partial charge is 0.395 e. The molecule has 9 nitrogen and oxygen atoms in total. The number of hydrogen-bond donors (Lipinski definition) is 3. The number of aliphatic hydroxyl groups excluding tert-OH is 1. The molecule has 1 aliphatic rings. The molecule has 0 radical (unpaired) electrons. The zero-order valence-corrected chi connectivity index (χ0v) is 21.9. The molecule has 1 amide bonds. The van der Waals surface area contributed by atoms with E-state index in [-0.39, 0.29) is 18.9 Å². The summed E-state index contributed by atoms with van der Waals surface area (Å²) in [7, 11) is 0. The Bertz CT molecular complexity index is 1420. The molecule has 3 N–H and O–H groups in total. The number of carbonyl (C=O) groups excluding carboxylic acids is 1. The quantitative estimate of drug-likeness (QED) is 0.293. The van der Waals surface area contributed by atoms with Crippen LogP contribution in [0.15, 0.2) is 60.7 Å². The van der Waals surface area contributed by atoms with E-state index in [2.05, 4.69) is 30.4 Å². The first-order chi connectivity index (χ1) is 18.5. The molecular weight excluding hydrogens is 502 g/mol. The highest BCUT2D eigenvalue weighted by molar-refractivity contribution is 6.30. The van der Waals surface area contributed by atoms with Gasteiger partial charge in [-0.2, -0.15) is 4.98 Å². The summed E-state index contributed by atoms with van der Waals surface area (Å²) in [5.74, 6) is 1.28. The third kappa shape index (κ3) is 6.36. The fraction of sp³-hybridized carbons (Fsp3) is 0.286. The predicted molar refractivity (Wildman–Crippen MR) is 151 cm³/mol. The second-order valence-corrected chi connectivity index (χ2v) is 9.68. The topological polar surface area (TPSA) is 107 Å². The van der Waals surface area contributed by atoms with E-state index in [0.717, 1.165) is 54.0 Å². The van der Waals surface area contributed by atoms with Crippen LogP contribution in [0.5, 0.6) is 0 Å². The number of anilines is 4. The smallest absolute Gasteiger partial charge is 0.228 e. The van der Waals surface area contributed by atoms with E-state index >= 15 is 0 Å². The standard InChI is InChI=1S/C28H30ClN7O2/c1-19-16-26(34-28(30-19)36-12-10-35(11-13-36)14-15-37)31-21-6-8-22(9-7-21)32-27(38)18-20-17-25(29)33-24-5-3-2-4-23(20)24/h2-9,16-17,37H,10-15,18H2,1H3,(H,32,38)(H,30,31,34). The van der Waals surface area contributed by atoms with Gasteiger partial charge in [-0.25, -0.2) is 9.97 Å². The van der Waals surface area contributed by atoms with Gasteiger partial charge in [-0.05, 0) is 48.9 Å². The minimum atomic E-state index is -0.131. The summed E-state index contributed by atoms with van der Waals surface area (Å²) in [5, 5.41) is 16.7. The van der Waals surface area contributed by atoms with Crippen molar-refractivity contribution in [1.29, 1.82) is 0 Å². The summed E-state index contributed by atoms with van der Waals surface area (Å²) in [6.45, 7) is 6.21. The minimum Gasteiger partial charge on any atom is -0.395 e. The van der Waals surface area contributed by atoms with Crippen LogP contribution in [0.2, 0.25) is 5.15 Å². The van der Waals surface area contributed by atoms with Gasteiger partial charge in [-0.15, -0.1) is 0 Å². The molecule has 1 saturated heterocycles. The summed E-state index contributed by atoms with van der Waals surface area (Å²) in [5.41, 5.74) is 4.03. The van der Waals surface area contributed by atoms with Crippen LogP contribution in [0.1, 0.15) is 11.3 Å². The first-order valence-electron chi connectivity index (χ1n) is 12.6. The van der Waals surface area contributed by atoms with E-state index in [9.17, 15) is 4.79 Å². The summed E-state index contributed by atoms with van der Waals surface area (Å²) in [6.07, 6.45) is 0.194. The average Bonchev–Trinajstić information content (AvgIpc) is 2.90. The molecule has 0 atom stereocenters. The SMILES string of the molecule is Cc1cc(Nc2ccc(NC(=O)Cc3cc(Cl)nc4ccccc34)cc2)nc(N2CCN(CCO)CC2)n1. The maximum absolute atomic E-state index is 12.8. The Morgan fingerprint density at radius 1 is 0.974 bits per heavy atom. The Labute approximate surface area is 226 Å². The van der Waals surface area contributed by atoms with E-state index in [1.165, 1.54) is 0 Å². The van der Waals surface area contributed by atoms with Crippen LogP contribution in [-0.2, 0) is 11.2 Å². The van der Waals surface area contributed by atoms with Crippen LogP contribution in [0.3, 0.4) is 0 Å². The highest BCUT2D eigenvalue weighted by Crippen LogP contribution is 2.23. The number of rotatable bonds is 8. The van der Waals surface area contributed by atoms with E-state index in [1.54, 1.807) is 6.07 Å². The van der Waals surface area contributed by atoms with Gasteiger partial charge in [0.1, 0.15) is 11.0 Å². The molecule has 0 spiro atoms. The third-order valence-corrected chi connectivity index (χ3v) is 6.67. The minimum absolute atomic E-state index is 0.131. The van der Waals surface area contributed by atoms with E-state index in [1.807, 2.05) is 61.5 Å². The fourth-order valence-corrected chi connectivity index (χ4v) is 4.81. The molecule has 38 heavy (non-hydrogen) atoms. The van der Waals surface area contributed by atoms with Gasteiger partial charge >= 0.3 is 0 Å². The van der Waals surface area contributed by atoms with Gasteiger partial charge in [0.25, 0.3) is 0 Å². The monoisotopic (exact) mass is 531 g/mol. The Balaban J connectivity index is 1.21. The van der Waals surface area contributed by atoms with E-state index < -0.39 is 0 Å². The van der Waals surface area contributed by atoms with Crippen molar-refractivity contribution >= 4 is 51.6 Å². The van der Waals surface area contributed by atoms with Crippen LogP contribution in [0.4, 0.5) is 23.1 Å². The second-order valence-electron chi connectivity index (χ2n) is 9.30. The molecule has 2 aromatic heterocycles. The lowest BCUT2D eigenvalue weighted by atomic mass is 10.1. The lowest BCUT2D eigenvalue weighted by molar-refractivity contribution is -0.115. The van der Waals surface area contributed by atoms with Crippen LogP contribution in [0.25, 0.3) is 10.9 Å². The number of aliphatic hydroxyl groups is 1. The maximum atomic E-state index is 12.8. The number of nitrogens with zero attached hydrogens (tertiary/aromatic N) is 5. The molecule has 196 valence electrons. The molecule has 3 heterocycles. The van der Waals surface area contributed by atoms with E-state index in [0.29, 0.717) is 29.2 Å². The van der Waals surface area contributed by atoms with Crippen LogP contribution in [0, 0.1) is 6.92 Å². The van der Waals surface area contributed by atoms with Crippen molar-refractivity contribution in [1.82, 2.24) is 19.9 Å². The number of hydrogen-bond acceptors (Lipinski definition) is 8. The number of para-hydroxylation sites is 1. The van der Waals surface area contributed by atoms with Crippen LogP contribution < -0.4 is 15.5 Å². The first-order valence-corrected chi connectivity index (χ1v) is 13.0. The van der Waals surface area contributed by atoms with Gasteiger partial charge in [0, 0.05) is 61.2 Å². The van der Waals surface area contributed by atoms with Crippen molar-refractivity contribution in [3.8, 4) is 0 Å². The highest BCUT2D eigenvalue weighted by Gasteiger charge is 2.19. The normalized spacial score (nSPS) is 14.0. The molecule has 10 heteroatoms. The zero-order chi connectivity index (χ0) is 26.5. The third-order valence-electron chi connectivity index (χ3n) is 6.48. The number of nitrogens with one attached hydrogen (secondary N) is 2. The lowest BCUT2D eigenvalue weighted by Crippen LogP contribution is -2.47. The van der Waals surface area contributed by atoms with Gasteiger partial charge in [-0.3, -0.25) is 9.69 Å². The maximum Gasteiger partial charge on any atom is 0.228 e. The molecule has 4 aromatic rings. The summed E-state index contributed by atoms with van der Waals surface area (Å²) < 4.78 is 0. The number of pyridine rings is 1. The number of benzene rings is 2. The van der Waals surface area contributed by atoms with Crippen molar-refractivity contribution in [2.24, 2.45) is 0 Å². The van der Waals surface area contributed by atoms with E-state index in [4.69, 9.17) is 21.7 Å². The number of fused-ring (bicyclic) bond motifs is 1. The Morgan fingerprint density at radius 2 is 1.71 bits per heavy atom. The van der Waals surface area contributed by atoms with Crippen molar-refractivity contribution in [3.63, 3.8) is 0 Å². The predicted octanol–water partition coefficient (Wildman–Crippen LogP) is 4.03. The van der Waals surface area contributed by atoms with Crippen molar-refractivity contribution in [2.45, 2.75) is 13.3 Å². The Morgan fingerprint density at radius 3 is 2.47 bits per heavy atom. The Kier molecular flexibility index (Phi) is 7.97. The summed E-state index contributed by atoms with van der Waals surface area (Å²) in [6, 6.07) is 18.8. The number of amides is 1. The number of aryl methyl sites for hydroxylation is 1. The molecule has 1 aliphatic heterocycles. The molecule has 5 rings (SSSR count). The number of β-amino-alcohol motifs (C(OH)–C–C–N with tert-alkyl or cyclic N) is 1. The van der Waals surface area contributed by atoms with Gasteiger partial charge in [-0.1, -0.05) is 29.8 Å². The second kappa shape index (κ2) is 11.7. The number of carbonyl (C=O) groups is 1. The molecule has 2 aromatic carbocycles. The van der Waals surface area contributed by atoms with Gasteiger partial charge < -0.3 is 20.6 Å².